The number of unbranched alkanes of at least 4 members (excludes halogenated alkanes) is 3. The van der Waals surface area contributed by atoms with Gasteiger partial charge in [0, 0.05) is 13.0 Å². The van der Waals surface area contributed by atoms with Crippen molar-refractivity contribution in [3.05, 3.63) is 82.5 Å². The second-order valence-corrected chi connectivity index (χ2v) is 13.9. The standard InChI is InChI=1S/C37H52N2O/c1-36(2,3)29-18-14-27(15-19-29)32-22-23-33(28-16-20-30(21-17-28)37(4,5)6)35-34(32)38(7)25-24-31(39(35)8)13-11-9-10-12-26-40/h14-23,31,40H,9-13,24-26H2,1-8H3/q+2. The Kier molecular flexibility index (Phi) is 9.35. The molecule has 1 N–H and O–H groups in total. The number of fused-ring (bicyclic) bond motifs is 1. The molecule has 214 valence electrons. The molecule has 1 atom stereocenters. The van der Waals surface area contributed by atoms with E-state index in [0.717, 1.165) is 25.8 Å². The summed E-state index contributed by atoms with van der Waals surface area (Å²) in [4.78, 5) is 0. The van der Waals surface area contributed by atoms with Crippen molar-refractivity contribution in [3.8, 4) is 22.3 Å². The van der Waals surface area contributed by atoms with Crippen LogP contribution in [0.4, 0.5) is 0 Å². The molecule has 0 amide bonds. The highest BCUT2D eigenvalue weighted by molar-refractivity contribution is 5.70. The van der Waals surface area contributed by atoms with Crippen molar-refractivity contribution in [1.29, 1.82) is 0 Å². The molecule has 3 heteroatoms. The van der Waals surface area contributed by atoms with E-state index < -0.39 is 0 Å². The number of benzene rings is 3. The molecule has 3 nitrogen and oxygen atoms in total. The van der Waals surface area contributed by atoms with Gasteiger partial charge in [0.15, 0.2) is 6.04 Å². The Morgan fingerprint density at radius 1 is 0.650 bits per heavy atom. The van der Waals surface area contributed by atoms with Gasteiger partial charge in [-0.1, -0.05) is 103 Å². The fourth-order valence-electron chi connectivity index (χ4n) is 6.10. The van der Waals surface area contributed by atoms with Crippen molar-refractivity contribution in [2.24, 2.45) is 0 Å². The van der Waals surface area contributed by atoms with E-state index in [9.17, 15) is 5.11 Å². The maximum Gasteiger partial charge on any atom is 0.280 e. The van der Waals surface area contributed by atoms with Crippen molar-refractivity contribution < 1.29 is 5.11 Å². The van der Waals surface area contributed by atoms with E-state index in [1.807, 2.05) is 0 Å². The highest BCUT2D eigenvalue weighted by atomic mass is 16.2. The molecule has 1 aliphatic rings. The number of hydrogen-bond donors (Lipinski definition) is 1. The summed E-state index contributed by atoms with van der Waals surface area (Å²) >= 11 is 0. The van der Waals surface area contributed by atoms with Crippen LogP contribution in [0.5, 0.6) is 0 Å². The summed E-state index contributed by atoms with van der Waals surface area (Å²) in [5.74, 6) is 0. The summed E-state index contributed by atoms with van der Waals surface area (Å²) in [5, 5.41) is 11.9. The SMILES string of the molecule is C[N+]1=c2c(-c3ccc(C(C)(C)C)cc3)ccc(-c3ccc(C(C)(C)C)cc3)c2=[N+](C)C(CCCCCCO)CC1. The molecular weight excluding hydrogens is 488 g/mol. The third-order valence-corrected chi connectivity index (χ3v) is 8.80. The van der Waals surface area contributed by atoms with Crippen LogP contribution in [0.15, 0.2) is 60.7 Å². The van der Waals surface area contributed by atoms with Crippen LogP contribution >= 0.6 is 0 Å². The van der Waals surface area contributed by atoms with Crippen LogP contribution in [0, 0.1) is 0 Å². The number of nitrogens with zero attached hydrogens (tertiary/aromatic N) is 2. The Balaban J connectivity index is 1.90. The molecule has 0 fully saturated rings. The van der Waals surface area contributed by atoms with Crippen LogP contribution < -0.4 is 19.9 Å². The largest absolute Gasteiger partial charge is 0.396 e. The Labute approximate surface area is 242 Å². The molecule has 40 heavy (non-hydrogen) atoms. The molecule has 0 spiro atoms. The number of aliphatic hydroxyl groups is 1. The van der Waals surface area contributed by atoms with Gasteiger partial charge in [-0.05, 0) is 58.1 Å². The molecule has 0 aromatic heterocycles. The second kappa shape index (κ2) is 12.4. The Bertz CT molecular complexity index is 1420. The molecule has 1 aliphatic heterocycles. The lowest BCUT2D eigenvalue weighted by molar-refractivity contribution is 0.281. The summed E-state index contributed by atoms with van der Waals surface area (Å²) in [6.07, 6.45) is 6.75. The zero-order valence-corrected chi connectivity index (χ0v) is 26.3. The van der Waals surface area contributed by atoms with Crippen LogP contribution in [0.25, 0.3) is 22.3 Å². The average molecular weight is 541 g/mol. The smallest absolute Gasteiger partial charge is 0.280 e. The normalized spacial score (nSPS) is 16.2. The van der Waals surface area contributed by atoms with Crippen LogP contribution in [0.2, 0.25) is 0 Å². The van der Waals surface area contributed by atoms with E-state index in [2.05, 4.69) is 125 Å². The third-order valence-electron chi connectivity index (χ3n) is 8.80. The zero-order valence-electron chi connectivity index (χ0n) is 26.3. The lowest BCUT2D eigenvalue weighted by Gasteiger charge is -2.19. The van der Waals surface area contributed by atoms with Crippen molar-refractivity contribution in [2.75, 3.05) is 27.2 Å². The first-order valence-electron chi connectivity index (χ1n) is 15.4. The average Bonchev–Trinajstić information content (AvgIpc) is 3.04. The lowest BCUT2D eigenvalue weighted by atomic mass is 9.85. The van der Waals surface area contributed by atoms with E-state index in [-0.39, 0.29) is 10.8 Å². The minimum absolute atomic E-state index is 0.136. The maximum atomic E-state index is 9.19. The van der Waals surface area contributed by atoms with Crippen LogP contribution in [0.3, 0.4) is 0 Å². The Hall–Kier alpha value is -2.78. The Morgan fingerprint density at radius 3 is 1.60 bits per heavy atom. The second-order valence-electron chi connectivity index (χ2n) is 13.9. The van der Waals surface area contributed by atoms with E-state index in [1.165, 1.54) is 63.4 Å². The Morgan fingerprint density at radius 2 is 1.12 bits per heavy atom. The predicted molar refractivity (Wildman–Crippen MR) is 172 cm³/mol. The molecule has 0 saturated carbocycles. The first-order chi connectivity index (χ1) is 18.9. The maximum absolute atomic E-state index is 9.19. The molecule has 3 aromatic carbocycles. The minimum atomic E-state index is 0.136. The van der Waals surface area contributed by atoms with Crippen LogP contribution in [-0.2, 0) is 10.8 Å². The van der Waals surface area contributed by atoms with Crippen LogP contribution in [0.1, 0.15) is 91.2 Å². The first kappa shape index (κ1) is 30.2. The van der Waals surface area contributed by atoms with Gasteiger partial charge in [0.1, 0.15) is 20.6 Å². The van der Waals surface area contributed by atoms with Crippen molar-refractivity contribution in [2.45, 2.75) is 96.9 Å². The highest BCUT2D eigenvalue weighted by Gasteiger charge is 2.29. The summed E-state index contributed by atoms with van der Waals surface area (Å²) in [6.45, 7) is 15.0. The number of hydrogen-bond acceptors (Lipinski definition) is 1. The molecule has 0 radical (unpaired) electrons. The topological polar surface area (TPSA) is 26.2 Å². The summed E-state index contributed by atoms with van der Waals surface area (Å²) in [5.41, 5.74) is 8.19. The summed E-state index contributed by atoms with van der Waals surface area (Å²) in [6, 6.07) is 23.7. The van der Waals surface area contributed by atoms with Gasteiger partial charge >= 0.3 is 0 Å². The lowest BCUT2D eigenvalue weighted by Crippen LogP contribution is -2.47. The van der Waals surface area contributed by atoms with E-state index in [4.69, 9.17) is 0 Å². The monoisotopic (exact) mass is 540 g/mol. The van der Waals surface area contributed by atoms with Gasteiger partial charge in [0.2, 0.25) is 0 Å². The molecule has 1 unspecified atom stereocenters. The summed E-state index contributed by atoms with van der Waals surface area (Å²) < 4.78 is 5.09. The van der Waals surface area contributed by atoms with Gasteiger partial charge < -0.3 is 5.11 Å². The van der Waals surface area contributed by atoms with E-state index in [0.29, 0.717) is 12.6 Å². The molecule has 0 aliphatic carbocycles. The van der Waals surface area contributed by atoms with Gasteiger partial charge in [-0.15, -0.1) is 0 Å². The quantitative estimate of drug-likeness (QED) is 0.254. The van der Waals surface area contributed by atoms with Gasteiger partial charge in [0.05, 0.1) is 17.5 Å². The fraction of sp³-hybridized carbons (Fsp3) is 0.514. The number of aliphatic hydroxyl groups excluding tert-OH is 1. The van der Waals surface area contributed by atoms with Crippen molar-refractivity contribution in [3.63, 3.8) is 0 Å². The molecule has 1 heterocycles. The third kappa shape index (κ3) is 6.74. The van der Waals surface area contributed by atoms with Crippen LogP contribution in [-0.4, -0.2) is 38.4 Å². The molecular formula is C37H52N2O+2. The summed E-state index contributed by atoms with van der Waals surface area (Å²) in [7, 11) is 4.59. The number of rotatable bonds is 8. The van der Waals surface area contributed by atoms with Gasteiger partial charge in [0.25, 0.3) is 10.7 Å². The highest BCUT2D eigenvalue weighted by Crippen LogP contribution is 2.27. The zero-order chi connectivity index (χ0) is 29.1. The van der Waals surface area contributed by atoms with E-state index in [1.54, 1.807) is 0 Å². The molecule has 0 bridgehead atoms. The van der Waals surface area contributed by atoms with Crippen molar-refractivity contribution in [1.82, 2.24) is 9.15 Å². The molecule has 3 aromatic rings. The fourth-order valence-corrected chi connectivity index (χ4v) is 6.10. The van der Waals surface area contributed by atoms with Gasteiger partial charge in [-0.25, -0.2) is 9.15 Å². The molecule has 4 rings (SSSR count). The predicted octanol–water partition coefficient (Wildman–Crippen LogP) is 6.57. The van der Waals surface area contributed by atoms with Gasteiger partial charge in [-0.3, -0.25) is 0 Å². The molecule has 0 saturated heterocycles. The van der Waals surface area contributed by atoms with Gasteiger partial charge in [-0.2, -0.15) is 0 Å². The minimum Gasteiger partial charge on any atom is -0.396 e. The first-order valence-corrected chi connectivity index (χ1v) is 15.4. The van der Waals surface area contributed by atoms with Crippen molar-refractivity contribution >= 4 is 0 Å². The van der Waals surface area contributed by atoms with E-state index >= 15 is 0 Å².